The van der Waals surface area contributed by atoms with Crippen molar-refractivity contribution in [1.29, 1.82) is 0 Å². The van der Waals surface area contributed by atoms with Gasteiger partial charge in [0.1, 0.15) is 6.10 Å². The summed E-state index contributed by atoms with van der Waals surface area (Å²) in [5, 5.41) is 8.15. The fourth-order valence-corrected chi connectivity index (χ4v) is 1.19. The molecule has 0 aliphatic rings. The molecule has 0 aromatic rings. The van der Waals surface area contributed by atoms with E-state index in [1.807, 2.05) is 0 Å². The molecule has 0 saturated heterocycles. The van der Waals surface area contributed by atoms with Crippen molar-refractivity contribution in [1.82, 2.24) is 0 Å². The van der Waals surface area contributed by atoms with Gasteiger partial charge in [-0.1, -0.05) is 13.8 Å². The number of rotatable bonds is 5. The van der Waals surface area contributed by atoms with Crippen LogP contribution in [0.1, 0.15) is 33.6 Å². The quantitative estimate of drug-likeness (QED) is 0.558. The van der Waals surface area contributed by atoms with Gasteiger partial charge in [-0.2, -0.15) is 0 Å². The fourth-order valence-electron chi connectivity index (χ4n) is 1.01. The molecule has 0 aliphatic heterocycles. The molecule has 0 radical (unpaired) electrons. The number of ether oxygens (including phenoxy) is 1. The normalized spacial score (nSPS) is 15.5. The first-order valence-corrected chi connectivity index (χ1v) is 4.90. The fraction of sp³-hybridized carbons (Fsp3) is 0.889. The van der Waals surface area contributed by atoms with Gasteiger partial charge in [-0.3, -0.25) is 0 Å². The summed E-state index contributed by atoms with van der Waals surface area (Å²) in [6.07, 6.45) is -0.0216. The van der Waals surface area contributed by atoms with E-state index in [2.05, 4.69) is 18.6 Å². The summed E-state index contributed by atoms with van der Waals surface area (Å²) < 4.78 is 4.65. The van der Waals surface area contributed by atoms with E-state index in [1.54, 1.807) is 6.92 Å². The van der Waals surface area contributed by atoms with Gasteiger partial charge < -0.3 is 9.84 Å². The minimum Gasteiger partial charge on any atom is -0.450 e. The van der Waals surface area contributed by atoms with Gasteiger partial charge >= 0.3 is 6.16 Å². The van der Waals surface area contributed by atoms with E-state index in [9.17, 15) is 4.79 Å². The lowest BCUT2D eigenvalue weighted by Gasteiger charge is -2.18. The molecular weight excluding hydrogens is 192 g/mol. The Bertz CT molecular complexity index is 157. The second-order valence-electron chi connectivity index (χ2n) is 3.57. The molecule has 13 heavy (non-hydrogen) atoms. The van der Waals surface area contributed by atoms with Gasteiger partial charge in [-0.05, 0) is 25.7 Å². The number of carboxylic acid groups (broad SMARTS) is 1. The van der Waals surface area contributed by atoms with Crippen molar-refractivity contribution in [3.05, 3.63) is 0 Å². The molecule has 0 bridgehead atoms. The molecule has 3 nitrogen and oxygen atoms in total. The number of carbonyl (C=O) groups is 1. The van der Waals surface area contributed by atoms with Crippen molar-refractivity contribution in [2.75, 3.05) is 0 Å². The summed E-state index contributed by atoms with van der Waals surface area (Å²) in [4.78, 5) is 10.3. The maximum Gasteiger partial charge on any atom is 0.506 e. The van der Waals surface area contributed by atoms with Crippen LogP contribution in [0.4, 0.5) is 4.79 Å². The Labute approximate surface area is 84.0 Å². The Kier molecular flexibility index (Phi) is 5.88. The van der Waals surface area contributed by atoms with E-state index < -0.39 is 6.16 Å². The minimum absolute atomic E-state index is 0.269. The van der Waals surface area contributed by atoms with Crippen molar-refractivity contribution >= 4 is 17.8 Å². The first kappa shape index (κ1) is 12.6. The molecular formula is C9H17ClO3. The Morgan fingerprint density at radius 3 is 2.23 bits per heavy atom. The van der Waals surface area contributed by atoms with Crippen LogP contribution in [-0.4, -0.2) is 22.7 Å². The monoisotopic (exact) mass is 208 g/mol. The van der Waals surface area contributed by atoms with E-state index in [0.717, 1.165) is 6.42 Å². The predicted molar refractivity (Wildman–Crippen MR) is 52.3 cm³/mol. The van der Waals surface area contributed by atoms with Crippen LogP contribution in [0.2, 0.25) is 0 Å². The number of halogens is 1. The van der Waals surface area contributed by atoms with E-state index in [-0.39, 0.29) is 11.5 Å². The molecule has 4 heteroatoms. The summed E-state index contributed by atoms with van der Waals surface area (Å²) in [5.74, 6) is 0.537. The van der Waals surface area contributed by atoms with Crippen LogP contribution in [-0.2, 0) is 4.74 Å². The highest BCUT2D eigenvalue weighted by Gasteiger charge is 2.19. The van der Waals surface area contributed by atoms with E-state index in [4.69, 9.17) is 16.7 Å². The maximum absolute atomic E-state index is 10.3. The van der Waals surface area contributed by atoms with Gasteiger partial charge in [0.15, 0.2) is 0 Å². The van der Waals surface area contributed by atoms with Gasteiger partial charge in [0.25, 0.3) is 0 Å². The zero-order chi connectivity index (χ0) is 10.4. The number of alkyl halides is 1. The first-order valence-electron chi connectivity index (χ1n) is 4.47. The number of hydrogen-bond acceptors (Lipinski definition) is 2. The second kappa shape index (κ2) is 6.08. The van der Waals surface area contributed by atoms with Crippen LogP contribution in [0.3, 0.4) is 0 Å². The standard InChI is InChI=1S/C9H17ClO3/c1-6(2)4-5-8(7(3)10)13-9(11)12/h6-8H,4-5H2,1-3H3,(H,11,12). The molecule has 0 saturated carbocycles. The molecule has 0 heterocycles. The molecule has 1 N–H and O–H groups in total. The van der Waals surface area contributed by atoms with Gasteiger partial charge in [0.2, 0.25) is 0 Å². The van der Waals surface area contributed by atoms with Gasteiger partial charge in [0.05, 0.1) is 5.38 Å². The van der Waals surface area contributed by atoms with Crippen molar-refractivity contribution in [2.45, 2.75) is 45.1 Å². The van der Waals surface area contributed by atoms with E-state index >= 15 is 0 Å². The van der Waals surface area contributed by atoms with E-state index in [0.29, 0.717) is 12.3 Å². The molecule has 0 aromatic heterocycles. The molecule has 0 aliphatic carbocycles. The molecule has 78 valence electrons. The predicted octanol–water partition coefficient (Wildman–Crippen LogP) is 3.11. The maximum atomic E-state index is 10.3. The zero-order valence-corrected chi connectivity index (χ0v) is 9.04. The third-order valence-corrected chi connectivity index (χ3v) is 2.07. The van der Waals surface area contributed by atoms with Crippen molar-refractivity contribution in [3.8, 4) is 0 Å². The summed E-state index contributed by atoms with van der Waals surface area (Å²) in [7, 11) is 0. The molecule has 0 spiro atoms. The molecule has 0 aromatic carbocycles. The smallest absolute Gasteiger partial charge is 0.450 e. The van der Waals surface area contributed by atoms with Crippen LogP contribution >= 0.6 is 11.6 Å². The van der Waals surface area contributed by atoms with Gasteiger partial charge in [-0.25, -0.2) is 4.79 Å². The Morgan fingerprint density at radius 1 is 1.38 bits per heavy atom. The second-order valence-corrected chi connectivity index (χ2v) is 4.26. The number of hydrogen-bond donors (Lipinski definition) is 1. The van der Waals surface area contributed by atoms with Crippen molar-refractivity contribution in [2.24, 2.45) is 5.92 Å². The van der Waals surface area contributed by atoms with E-state index in [1.165, 1.54) is 0 Å². The molecule has 0 rings (SSSR count). The Morgan fingerprint density at radius 2 is 1.92 bits per heavy atom. The summed E-state index contributed by atoms with van der Waals surface area (Å²) in [5.41, 5.74) is 0. The third kappa shape index (κ3) is 6.70. The molecule has 2 atom stereocenters. The highest BCUT2D eigenvalue weighted by atomic mass is 35.5. The zero-order valence-electron chi connectivity index (χ0n) is 8.29. The highest BCUT2D eigenvalue weighted by molar-refractivity contribution is 6.20. The third-order valence-electron chi connectivity index (χ3n) is 1.79. The highest BCUT2D eigenvalue weighted by Crippen LogP contribution is 2.16. The molecule has 0 fully saturated rings. The largest absolute Gasteiger partial charge is 0.506 e. The summed E-state index contributed by atoms with van der Waals surface area (Å²) >= 11 is 5.78. The Hall–Kier alpha value is -0.440. The average molecular weight is 209 g/mol. The first-order chi connectivity index (χ1) is 5.93. The lowest BCUT2D eigenvalue weighted by Crippen LogP contribution is -2.25. The summed E-state index contributed by atoms with van der Waals surface area (Å²) in [6.45, 7) is 5.91. The minimum atomic E-state index is -1.25. The van der Waals surface area contributed by atoms with Crippen molar-refractivity contribution < 1.29 is 14.6 Å². The van der Waals surface area contributed by atoms with Crippen LogP contribution in [0.15, 0.2) is 0 Å². The van der Waals surface area contributed by atoms with Crippen LogP contribution in [0.25, 0.3) is 0 Å². The van der Waals surface area contributed by atoms with Crippen LogP contribution in [0, 0.1) is 5.92 Å². The van der Waals surface area contributed by atoms with Crippen LogP contribution in [0.5, 0.6) is 0 Å². The molecule has 0 amide bonds. The SMILES string of the molecule is CC(C)CCC(OC(=O)O)C(C)Cl. The van der Waals surface area contributed by atoms with Crippen molar-refractivity contribution in [3.63, 3.8) is 0 Å². The van der Waals surface area contributed by atoms with Gasteiger partial charge in [0, 0.05) is 0 Å². The van der Waals surface area contributed by atoms with Gasteiger partial charge in [-0.15, -0.1) is 11.6 Å². The Balaban J connectivity index is 3.88. The lowest BCUT2D eigenvalue weighted by atomic mass is 10.0. The summed E-state index contributed by atoms with van der Waals surface area (Å²) in [6, 6.07) is 0. The topological polar surface area (TPSA) is 46.5 Å². The lowest BCUT2D eigenvalue weighted by molar-refractivity contribution is 0.0458. The molecule has 2 unspecified atom stereocenters. The van der Waals surface area contributed by atoms with Crippen LogP contribution < -0.4 is 0 Å². The average Bonchev–Trinajstić information content (AvgIpc) is 1.96.